The summed E-state index contributed by atoms with van der Waals surface area (Å²) in [5, 5.41) is 9.05. The van der Waals surface area contributed by atoms with Crippen LogP contribution in [-0.4, -0.2) is 6.61 Å². The van der Waals surface area contributed by atoms with Crippen LogP contribution in [0.1, 0.15) is 31.4 Å². The van der Waals surface area contributed by atoms with Crippen LogP contribution >= 0.6 is 11.6 Å². The van der Waals surface area contributed by atoms with E-state index < -0.39 is 0 Å². The van der Waals surface area contributed by atoms with Crippen molar-refractivity contribution in [1.29, 1.82) is 5.26 Å². The Morgan fingerprint density at radius 3 is 2.94 bits per heavy atom. The summed E-state index contributed by atoms with van der Waals surface area (Å²) in [6.07, 6.45) is 1.22. The van der Waals surface area contributed by atoms with Crippen LogP contribution < -0.4 is 10.5 Å². The zero-order chi connectivity index (χ0) is 12.0. The Bertz CT molecular complexity index is 385. The average Bonchev–Trinajstić information content (AvgIpc) is 2.26. The average molecular weight is 239 g/mol. The van der Waals surface area contributed by atoms with Crippen LogP contribution in [0.3, 0.4) is 0 Å². The number of hydrogen-bond donors (Lipinski definition) is 1. The maximum absolute atomic E-state index is 8.40. The summed E-state index contributed by atoms with van der Waals surface area (Å²) in [6, 6.07) is 7.35. The maximum atomic E-state index is 8.40. The Balaban J connectivity index is 2.68. The van der Waals surface area contributed by atoms with Crippen LogP contribution in [-0.2, 0) is 0 Å². The lowest BCUT2D eigenvalue weighted by molar-refractivity contribution is 0.308. The number of ether oxygens (including phenoxy) is 1. The second kappa shape index (κ2) is 6.37. The predicted octanol–water partition coefficient (Wildman–Crippen LogP) is 3.04. The van der Waals surface area contributed by atoms with Crippen molar-refractivity contribution < 1.29 is 4.74 Å². The highest BCUT2D eigenvalue weighted by molar-refractivity contribution is 6.30. The van der Waals surface area contributed by atoms with E-state index in [0.29, 0.717) is 18.1 Å². The summed E-state index contributed by atoms with van der Waals surface area (Å²) in [5.74, 6) is 0.748. The lowest BCUT2D eigenvalue weighted by atomic mass is 10.1. The molecule has 0 amide bonds. The van der Waals surface area contributed by atoms with Crippen molar-refractivity contribution in [3.63, 3.8) is 0 Å². The smallest absolute Gasteiger partial charge is 0.124 e. The molecule has 0 aromatic heterocycles. The fourth-order valence-corrected chi connectivity index (χ4v) is 1.52. The highest BCUT2D eigenvalue weighted by Gasteiger charge is 2.08. The first-order valence-electron chi connectivity index (χ1n) is 5.20. The first-order valence-corrected chi connectivity index (χ1v) is 5.57. The van der Waals surface area contributed by atoms with E-state index in [1.165, 1.54) is 0 Å². The number of rotatable bonds is 5. The van der Waals surface area contributed by atoms with Gasteiger partial charge in [-0.2, -0.15) is 5.26 Å². The van der Waals surface area contributed by atoms with Gasteiger partial charge in [-0.15, -0.1) is 0 Å². The van der Waals surface area contributed by atoms with Crippen LogP contribution in [0.25, 0.3) is 0 Å². The normalized spacial score (nSPS) is 11.9. The molecule has 0 aliphatic heterocycles. The third-order valence-corrected chi connectivity index (χ3v) is 2.39. The van der Waals surface area contributed by atoms with Crippen LogP contribution in [0.2, 0.25) is 5.02 Å². The molecular formula is C12H15ClN2O. The van der Waals surface area contributed by atoms with Crippen molar-refractivity contribution in [2.75, 3.05) is 6.61 Å². The second-order valence-corrected chi connectivity index (χ2v) is 4.02. The van der Waals surface area contributed by atoms with Crippen LogP contribution in [0.5, 0.6) is 5.75 Å². The Morgan fingerprint density at radius 1 is 1.56 bits per heavy atom. The second-order valence-electron chi connectivity index (χ2n) is 3.58. The molecule has 1 atom stereocenters. The predicted molar refractivity (Wildman–Crippen MR) is 64.4 cm³/mol. The van der Waals surface area contributed by atoms with E-state index in [1.54, 1.807) is 6.07 Å². The van der Waals surface area contributed by atoms with Gasteiger partial charge in [0, 0.05) is 23.0 Å². The topological polar surface area (TPSA) is 59.0 Å². The third-order valence-electron chi connectivity index (χ3n) is 2.15. The van der Waals surface area contributed by atoms with Crippen LogP contribution in [0.4, 0.5) is 0 Å². The molecule has 1 aromatic rings. The highest BCUT2D eigenvalue weighted by atomic mass is 35.5. The number of halogens is 1. The fourth-order valence-electron chi connectivity index (χ4n) is 1.34. The minimum absolute atomic E-state index is 0.121. The third kappa shape index (κ3) is 3.73. The summed E-state index contributed by atoms with van der Waals surface area (Å²) in [7, 11) is 0. The molecule has 0 saturated carbocycles. The van der Waals surface area contributed by atoms with Crippen LogP contribution in [0, 0.1) is 11.3 Å². The molecule has 86 valence electrons. The number of unbranched alkanes of at least 4 members (excludes halogenated alkanes) is 1. The zero-order valence-corrected chi connectivity index (χ0v) is 10.00. The Morgan fingerprint density at radius 2 is 2.31 bits per heavy atom. The Labute approximate surface area is 101 Å². The molecule has 0 radical (unpaired) electrons. The van der Waals surface area contributed by atoms with Gasteiger partial charge >= 0.3 is 0 Å². The molecule has 0 aliphatic rings. The molecular weight excluding hydrogens is 224 g/mol. The minimum atomic E-state index is -0.121. The molecule has 0 unspecified atom stereocenters. The molecule has 0 saturated heterocycles. The minimum Gasteiger partial charge on any atom is -0.493 e. The molecule has 1 aromatic carbocycles. The van der Waals surface area contributed by atoms with E-state index >= 15 is 0 Å². The highest BCUT2D eigenvalue weighted by Crippen LogP contribution is 2.27. The first kappa shape index (κ1) is 12.8. The fraction of sp³-hybridized carbons (Fsp3) is 0.417. The van der Waals surface area contributed by atoms with Gasteiger partial charge in [0.25, 0.3) is 0 Å². The molecule has 0 heterocycles. The zero-order valence-electron chi connectivity index (χ0n) is 9.24. The van der Waals surface area contributed by atoms with Gasteiger partial charge in [-0.05, 0) is 31.5 Å². The lowest BCUT2D eigenvalue weighted by Crippen LogP contribution is -2.08. The van der Waals surface area contributed by atoms with Crippen molar-refractivity contribution in [3.8, 4) is 11.8 Å². The molecule has 0 spiro atoms. The van der Waals surface area contributed by atoms with Gasteiger partial charge in [-0.25, -0.2) is 0 Å². The van der Waals surface area contributed by atoms with Crippen LogP contribution in [0.15, 0.2) is 18.2 Å². The SMILES string of the molecule is C[C@@H](N)c1cc(Cl)ccc1OCCCC#N. The van der Waals surface area contributed by atoms with Gasteiger partial charge in [-0.3, -0.25) is 0 Å². The molecule has 0 aliphatic carbocycles. The molecule has 1 rings (SSSR count). The molecule has 16 heavy (non-hydrogen) atoms. The summed E-state index contributed by atoms with van der Waals surface area (Å²) >= 11 is 5.89. The summed E-state index contributed by atoms with van der Waals surface area (Å²) in [5.41, 5.74) is 6.72. The molecule has 0 bridgehead atoms. The molecule has 0 fully saturated rings. The van der Waals surface area contributed by atoms with Gasteiger partial charge in [0.2, 0.25) is 0 Å². The summed E-state index contributed by atoms with van der Waals surface area (Å²) in [4.78, 5) is 0. The quantitative estimate of drug-likeness (QED) is 0.802. The first-order chi connectivity index (χ1) is 7.65. The Kier molecular flexibility index (Phi) is 5.10. The van der Waals surface area contributed by atoms with E-state index in [4.69, 9.17) is 27.3 Å². The van der Waals surface area contributed by atoms with Crippen molar-refractivity contribution in [3.05, 3.63) is 28.8 Å². The van der Waals surface area contributed by atoms with Gasteiger partial charge in [-0.1, -0.05) is 11.6 Å². The van der Waals surface area contributed by atoms with Crippen molar-refractivity contribution in [2.24, 2.45) is 5.73 Å². The number of nitrogens with zero attached hydrogens (tertiary/aromatic N) is 1. The number of nitriles is 1. The maximum Gasteiger partial charge on any atom is 0.124 e. The van der Waals surface area contributed by atoms with Crippen molar-refractivity contribution >= 4 is 11.6 Å². The Hall–Kier alpha value is -1.24. The number of hydrogen-bond acceptors (Lipinski definition) is 3. The standard InChI is InChI=1S/C12H15ClN2O/c1-9(15)11-8-10(13)4-5-12(11)16-7-3-2-6-14/h4-5,8-9H,2-3,7,15H2,1H3/t9-/m1/s1. The van der Waals surface area contributed by atoms with E-state index in [1.807, 2.05) is 19.1 Å². The molecule has 4 heteroatoms. The molecule has 2 N–H and O–H groups in total. The van der Waals surface area contributed by atoms with Gasteiger partial charge in [0.15, 0.2) is 0 Å². The van der Waals surface area contributed by atoms with Gasteiger partial charge < -0.3 is 10.5 Å². The lowest BCUT2D eigenvalue weighted by Gasteiger charge is -2.13. The largest absolute Gasteiger partial charge is 0.493 e. The summed E-state index contributed by atoms with van der Waals surface area (Å²) in [6.45, 7) is 2.41. The van der Waals surface area contributed by atoms with Gasteiger partial charge in [0.05, 0.1) is 12.7 Å². The monoisotopic (exact) mass is 238 g/mol. The number of nitrogens with two attached hydrogens (primary N) is 1. The van der Waals surface area contributed by atoms with Crippen molar-refractivity contribution in [1.82, 2.24) is 0 Å². The molecule has 3 nitrogen and oxygen atoms in total. The van der Waals surface area contributed by atoms with E-state index in [-0.39, 0.29) is 6.04 Å². The number of benzene rings is 1. The van der Waals surface area contributed by atoms with E-state index in [9.17, 15) is 0 Å². The summed E-state index contributed by atoms with van der Waals surface area (Å²) < 4.78 is 5.57. The van der Waals surface area contributed by atoms with E-state index in [0.717, 1.165) is 17.7 Å². The van der Waals surface area contributed by atoms with E-state index in [2.05, 4.69) is 6.07 Å². The van der Waals surface area contributed by atoms with Gasteiger partial charge in [0.1, 0.15) is 5.75 Å². The van der Waals surface area contributed by atoms with Crippen molar-refractivity contribution in [2.45, 2.75) is 25.8 Å².